The SMILES string of the molecule is Cc1ccc(C=C2CCNCC2)cc1F. The van der Waals surface area contributed by atoms with Crippen molar-refractivity contribution >= 4 is 6.08 Å². The van der Waals surface area contributed by atoms with Gasteiger partial charge in [-0.05, 0) is 50.0 Å². The van der Waals surface area contributed by atoms with E-state index in [2.05, 4.69) is 11.4 Å². The van der Waals surface area contributed by atoms with Crippen molar-refractivity contribution in [3.63, 3.8) is 0 Å². The van der Waals surface area contributed by atoms with Gasteiger partial charge in [0.15, 0.2) is 0 Å². The summed E-state index contributed by atoms with van der Waals surface area (Å²) in [4.78, 5) is 0. The van der Waals surface area contributed by atoms with E-state index in [0.29, 0.717) is 5.56 Å². The number of hydrogen-bond acceptors (Lipinski definition) is 1. The molecule has 1 aromatic rings. The van der Waals surface area contributed by atoms with E-state index in [4.69, 9.17) is 0 Å². The van der Waals surface area contributed by atoms with Crippen LogP contribution in [0.2, 0.25) is 0 Å². The van der Waals surface area contributed by atoms with Crippen LogP contribution in [-0.4, -0.2) is 13.1 Å². The summed E-state index contributed by atoms with van der Waals surface area (Å²) < 4.78 is 13.3. The summed E-state index contributed by atoms with van der Waals surface area (Å²) in [5.74, 6) is -0.113. The average molecular weight is 205 g/mol. The Kier molecular flexibility index (Phi) is 3.17. The third-order valence-corrected chi connectivity index (χ3v) is 2.81. The summed E-state index contributed by atoms with van der Waals surface area (Å²) in [5.41, 5.74) is 3.11. The second-order valence-electron chi connectivity index (χ2n) is 4.06. The first kappa shape index (κ1) is 10.4. The maximum atomic E-state index is 13.3. The van der Waals surface area contributed by atoms with Gasteiger partial charge in [0, 0.05) is 0 Å². The Balaban J connectivity index is 2.18. The molecule has 0 aliphatic carbocycles. The van der Waals surface area contributed by atoms with Gasteiger partial charge in [-0.1, -0.05) is 23.8 Å². The Morgan fingerprint density at radius 3 is 2.67 bits per heavy atom. The molecule has 0 amide bonds. The van der Waals surface area contributed by atoms with Gasteiger partial charge in [0.1, 0.15) is 5.82 Å². The van der Waals surface area contributed by atoms with E-state index in [1.54, 1.807) is 13.0 Å². The minimum Gasteiger partial charge on any atom is -0.316 e. The van der Waals surface area contributed by atoms with E-state index in [9.17, 15) is 4.39 Å². The Morgan fingerprint density at radius 1 is 1.27 bits per heavy atom. The van der Waals surface area contributed by atoms with Crippen LogP contribution in [0.5, 0.6) is 0 Å². The summed E-state index contributed by atoms with van der Waals surface area (Å²) in [6.07, 6.45) is 4.27. The van der Waals surface area contributed by atoms with Crippen LogP contribution in [0.1, 0.15) is 24.0 Å². The zero-order chi connectivity index (χ0) is 10.7. The van der Waals surface area contributed by atoms with E-state index in [0.717, 1.165) is 31.5 Å². The van der Waals surface area contributed by atoms with Crippen molar-refractivity contribution in [2.75, 3.05) is 13.1 Å². The fourth-order valence-electron chi connectivity index (χ4n) is 1.83. The molecule has 0 atom stereocenters. The average Bonchev–Trinajstić information content (AvgIpc) is 2.25. The van der Waals surface area contributed by atoms with Crippen LogP contribution in [0.15, 0.2) is 23.8 Å². The van der Waals surface area contributed by atoms with Crippen molar-refractivity contribution in [3.8, 4) is 0 Å². The molecule has 0 bridgehead atoms. The molecule has 1 nitrogen and oxygen atoms in total. The Hall–Kier alpha value is -1.15. The minimum atomic E-state index is -0.113. The second-order valence-corrected chi connectivity index (χ2v) is 4.06. The molecule has 15 heavy (non-hydrogen) atoms. The molecule has 1 aliphatic heterocycles. The summed E-state index contributed by atoms with van der Waals surface area (Å²) in [6, 6.07) is 5.43. The van der Waals surface area contributed by atoms with Crippen molar-refractivity contribution in [1.29, 1.82) is 0 Å². The Labute approximate surface area is 90.0 Å². The van der Waals surface area contributed by atoms with Gasteiger partial charge >= 0.3 is 0 Å². The maximum absolute atomic E-state index is 13.3. The van der Waals surface area contributed by atoms with Gasteiger partial charge in [-0.25, -0.2) is 4.39 Å². The van der Waals surface area contributed by atoms with Gasteiger partial charge in [0.05, 0.1) is 0 Å². The summed E-state index contributed by atoms with van der Waals surface area (Å²) >= 11 is 0. The van der Waals surface area contributed by atoms with Gasteiger partial charge in [0.2, 0.25) is 0 Å². The third-order valence-electron chi connectivity index (χ3n) is 2.81. The van der Waals surface area contributed by atoms with Crippen LogP contribution in [-0.2, 0) is 0 Å². The number of aryl methyl sites for hydroxylation is 1. The molecule has 80 valence electrons. The van der Waals surface area contributed by atoms with Crippen molar-refractivity contribution in [1.82, 2.24) is 5.32 Å². The first-order valence-electron chi connectivity index (χ1n) is 5.42. The highest BCUT2D eigenvalue weighted by Crippen LogP contribution is 2.17. The lowest BCUT2D eigenvalue weighted by Gasteiger charge is -2.15. The molecule has 0 saturated carbocycles. The molecule has 2 heteroatoms. The monoisotopic (exact) mass is 205 g/mol. The van der Waals surface area contributed by atoms with Crippen LogP contribution in [0, 0.1) is 12.7 Å². The van der Waals surface area contributed by atoms with Crippen LogP contribution < -0.4 is 5.32 Å². The number of nitrogens with one attached hydrogen (secondary N) is 1. The molecular weight excluding hydrogens is 189 g/mol. The van der Waals surface area contributed by atoms with E-state index < -0.39 is 0 Å². The van der Waals surface area contributed by atoms with E-state index >= 15 is 0 Å². The Bertz CT molecular complexity index is 374. The number of piperidine rings is 1. The van der Waals surface area contributed by atoms with E-state index in [-0.39, 0.29) is 5.82 Å². The lowest BCUT2D eigenvalue weighted by molar-refractivity contribution is 0.612. The summed E-state index contributed by atoms with van der Waals surface area (Å²) in [7, 11) is 0. The molecule has 1 aromatic carbocycles. The molecule has 2 rings (SSSR count). The number of hydrogen-bond donors (Lipinski definition) is 1. The zero-order valence-corrected chi connectivity index (χ0v) is 9.02. The number of benzene rings is 1. The molecule has 1 N–H and O–H groups in total. The predicted octanol–water partition coefficient (Wildman–Crippen LogP) is 2.90. The Morgan fingerprint density at radius 2 is 2.00 bits per heavy atom. The molecule has 1 heterocycles. The van der Waals surface area contributed by atoms with Crippen LogP contribution >= 0.6 is 0 Å². The van der Waals surface area contributed by atoms with Gasteiger partial charge in [-0.2, -0.15) is 0 Å². The number of halogens is 1. The first-order chi connectivity index (χ1) is 7.25. The van der Waals surface area contributed by atoms with Crippen molar-refractivity contribution in [2.24, 2.45) is 0 Å². The summed E-state index contributed by atoms with van der Waals surface area (Å²) in [6.45, 7) is 3.87. The largest absolute Gasteiger partial charge is 0.316 e. The molecule has 0 unspecified atom stereocenters. The topological polar surface area (TPSA) is 12.0 Å². The highest BCUT2D eigenvalue weighted by atomic mass is 19.1. The lowest BCUT2D eigenvalue weighted by atomic mass is 10.0. The molecular formula is C13H16FN. The molecule has 1 aliphatic rings. The third kappa shape index (κ3) is 2.66. The minimum absolute atomic E-state index is 0.113. The molecule has 0 radical (unpaired) electrons. The highest BCUT2D eigenvalue weighted by Gasteiger charge is 2.04. The standard InChI is InChI=1S/C13H16FN/c1-10-2-3-12(9-13(10)14)8-11-4-6-15-7-5-11/h2-3,8-9,15H,4-7H2,1H3. The lowest BCUT2D eigenvalue weighted by Crippen LogP contribution is -2.22. The van der Waals surface area contributed by atoms with E-state index in [1.165, 1.54) is 5.57 Å². The molecule has 1 fully saturated rings. The quantitative estimate of drug-likeness (QED) is 0.743. The smallest absolute Gasteiger partial charge is 0.126 e. The van der Waals surface area contributed by atoms with Crippen molar-refractivity contribution in [3.05, 3.63) is 40.7 Å². The molecule has 0 spiro atoms. The normalized spacial score (nSPS) is 16.5. The van der Waals surface area contributed by atoms with Gasteiger partial charge in [-0.3, -0.25) is 0 Å². The fraction of sp³-hybridized carbons (Fsp3) is 0.385. The highest BCUT2D eigenvalue weighted by molar-refractivity contribution is 5.53. The first-order valence-corrected chi connectivity index (χ1v) is 5.42. The van der Waals surface area contributed by atoms with Crippen LogP contribution in [0.3, 0.4) is 0 Å². The maximum Gasteiger partial charge on any atom is 0.126 e. The zero-order valence-electron chi connectivity index (χ0n) is 9.02. The molecule has 1 saturated heterocycles. The van der Waals surface area contributed by atoms with Crippen molar-refractivity contribution in [2.45, 2.75) is 19.8 Å². The second kappa shape index (κ2) is 4.58. The summed E-state index contributed by atoms with van der Waals surface area (Å²) in [5, 5.41) is 3.31. The van der Waals surface area contributed by atoms with Gasteiger partial charge in [-0.15, -0.1) is 0 Å². The molecule has 0 aromatic heterocycles. The fourth-order valence-corrected chi connectivity index (χ4v) is 1.83. The predicted molar refractivity (Wildman–Crippen MR) is 61.2 cm³/mol. The van der Waals surface area contributed by atoms with E-state index in [1.807, 2.05) is 12.1 Å². The van der Waals surface area contributed by atoms with Crippen LogP contribution in [0.25, 0.3) is 6.08 Å². The van der Waals surface area contributed by atoms with Crippen molar-refractivity contribution < 1.29 is 4.39 Å². The van der Waals surface area contributed by atoms with Gasteiger partial charge in [0.25, 0.3) is 0 Å². The number of rotatable bonds is 1. The van der Waals surface area contributed by atoms with Gasteiger partial charge < -0.3 is 5.32 Å². The van der Waals surface area contributed by atoms with Crippen LogP contribution in [0.4, 0.5) is 4.39 Å².